The van der Waals surface area contributed by atoms with E-state index in [0.29, 0.717) is 12.0 Å². The lowest BCUT2D eigenvalue weighted by atomic mass is 10.0. The molecular formula is C17H25ClO2. The Labute approximate surface area is 127 Å². The van der Waals surface area contributed by atoms with E-state index in [-0.39, 0.29) is 11.2 Å². The molecule has 2 nitrogen and oxygen atoms in total. The Morgan fingerprint density at radius 2 is 1.80 bits per heavy atom. The zero-order valence-corrected chi connectivity index (χ0v) is 13.3. The number of ketones is 1. The summed E-state index contributed by atoms with van der Waals surface area (Å²) in [6.45, 7) is 2.21. The lowest BCUT2D eigenvalue weighted by molar-refractivity contribution is 0.0980. The van der Waals surface area contributed by atoms with E-state index in [1.807, 2.05) is 0 Å². The molecule has 0 saturated heterocycles. The molecule has 0 N–H and O–H groups in total. The normalized spacial score (nSPS) is 12.2. The summed E-state index contributed by atoms with van der Waals surface area (Å²) in [4.78, 5) is 12.1. The van der Waals surface area contributed by atoms with Crippen LogP contribution in [0.25, 0.3) is 0 Å². The van der Waals surface area contributed by atoms with Crippen LogP contribution in [0.5, 0.6) is 5.75 Å². The smallest absolute Gasteiger partial charge is 0.164 e. The number of ether oxygens (including phenoxy) is 1. The average Bonchev–Trinajstić information content (AvgIpc) is 2.47. The van der Waals surface area contributed by atoms with Gasteiger partial charge >= 0.3 is 0 Å². The van der Waals surface area contributed by atoms with Crippen LogP contribution in [0.3, 0.4) is 0 Å². The monoisotopic (exact) mass is 296 g/mol. The fourth-order valence-electron chi connectivity index (χ4n) is 2.17. The third kappa shape index (κ3) is 6.42. The molecule has 0 bridgehead atoms. The summed E-state index contributed by atoms with van der Waals surface area (Å²) in [6, 6.07) is 7.21. The van der Waals surface area contributed by atoms with Crippen LogP contribution in [0.4, 0.5) is 0 Å². The molecule has 0 radical (unpaired) electrons. The number of rotatable bonds is 10. The molecule has 0 aliphatic carbocycles. The molecule has 3 heteroatoms. The number of halogens is 1. The van der Waals surface area contributed by atoms with Crippen LogP contribution in [0, 0.1) is 0 Å². The lowest BCUT2D eigenvalue weighted by Crippen LogP contribution is -2.08. The van der Waals surface area contributed by atoms with Crippen LogP contribution in [-0.4, -0.2) is 18.3 Å². The minimum Gasteiger partial charge on any atom is -0.497 e. The quantitative estimate of drug-likeness (QED) is 0.335. The predicted molar refractivity (Wildman–Crippen MR) is 85.0 cm³/mol. The molecule has 1 aromatic rings. The van der Waals surface area contributed by atoms with Crippen LogP contribution < -0.4 is 4.74 Å². The molecule has 1 unspecified atom stereocenters. The van der Waals surface area contributed by atoms with Gasteiger partial charge in [0.15, 0.2) is 5.78 Å². The van der Waals surface area contributed by atoms with E-state index in [4.69, 9.17) is 16.3 Å². The molecule has 0 amide bonds. The van der Waals surface area contributed by atoms with Gasteiger partial charge in [-0.25, -0.2) is 0 Å². The first-order chi connectivity index (χ1) is 9.67. The van der Waals surface area contributed by atoms with Gasteiger partial charge in [-0.05, 0) is 30.7 Å². The standard InChI is InChI=1S/C17H25ClO2/c1-3-4-5-6-7-8-15(18)13-17(19)14-9-11-16(20-2)12-10-14/h9-12,15H,3-8,13H2,1-2H3. The fraction of sp³-hybridized carbons (Fsp3) is 0.588. The zero-order valence-electron chi connectivity index (χ0n) is 12.5. The van der Waals surface area contributed by atoms with Crippen molar-refractivity contribution in [3.63, 3.8) is 0 Å². The topological polar surface area (TPSA) is 26.3 Å². The first-order valence-corrected chi connectivity index (χ1v) is 7.92. The van der Waals surface area contributed by atoms with Crippen LogP contribution >= 0.6 is 11.6 Å². The van der Waals surface area contributed by atoms with Crippen molar-refractivity contribution in [1.29, 1.82) is 0 Å². The largest absolute Gasteiger partial charge is 0.497 e. The number of unbranched alkanes of at least 4 members (excludes halogenated alkanes) is 4. The van der Waals surface area contributed by atoms with Gasteiger partial charge in [0.05, 0.1) is 7.11 Å². The molecule has 112 valence electrons. The third-order valence-electron chi connectivity index (χ3n) is 3.44. The summed E-state index contributed by atoms with van der Waals surface area (Å²) in [5.74, 6) is 0.876. The minimum atomic E-state index is -0.0498. The molecule has 0 aliphatic rings. The van der Waals surface area contributed by atoms with E-state index < -0.39 is 0 Å². The van der Waals surface area contributed by atoms with Gasteiger partial charge in [0, 0.05) is 17.4 Å². The molecule has 0 heterocycles. The SMILES string of the molecule is CCCCCCCC(Cl)CC(=O)c1ccc(OC)cc1. The van der Waals surface area contributed by atoms with Crippen molar-refractivity contribution < 1.29 is 9.53 Å². The van der Waals surface area contributed by atoms with E-state index in [2.05, 4.69) is 6.92 Å². The minimum absolute atomic E-state index is 0.0498. The number of carbonyl (C=O) groups excluding carboxylic acids is 1. The van der Waals surface area contributed by atoms with Crippen LogP contribution in [0.15, 0.2) is 24.3 Å². The Hall–Kier alpha value is -1.02. The second kappa shape index (κ2) is 9.82. The number of methoxy groups -OCH3 is 1. The zero-order chi connectivity index (χ0) is 14.8. The lowest BCUT2D eigenvalue weighted by Gasteiger charge is -2.09. The molecule has 0 aromatic heterocycles. The molecule has 0 aliphatic heterocycles. The highest BCUT2D eigenvalue weighted by Crippen LogP contribution is 2.18. The maximum absolute atomic E-state index is 12.1. The number of benzene rings is 1. The number of alkyl halides is 1. The summed E-state index contributed by atoms with van der Waals surface area (Å²) in [5, 5.41) is -0.0498. The van der Waals surface area contributed by atoms with Gasteiger partial charge < -0.3 is 4.74 Å². The van der Waals surface area contributed by atoms with E-state index in [1.165, 1.54) is 25.7 Å². The van der Waals surface area contributed by atoms with Gasteiger partial charge in [-0.2, -0.15) is 0 Å². The summed E-state index contributed by atoms with van der Waals surface area (Å²) < 4.78 is 5.08. The van der Waals surface area contributed by atoms with Gasteiger partial charge in [0.25, 0.3) is 0 Å². The second-order valence-electron chi connectivity index (χ2n) is 5.16. The molecule has 1 atom stereocenters. The first kappa shape index (κ1) is 17.0. The average molecular weight is 297 g/mol. The Morgan fingerprint density at radius 1 is 1.15 bits per heavy atom. The Bertz CT molecular complexity index is 386. The van der Waals surface area contributed by atoms with Gasteiger partial charge in [-0.3, -0.25) is 4.79 Å². The van der Waals surface area contributed by atoms with E-state index in [1.54, 1.807) is 31.4 Å². The molecule has 1 aromatic carbocycles. The van der Waals surface area contributed by atoms with Crippen LogP contribution in [0.2, 0.25) is 0 Å². The van der Waals surface area contributed by atoms with Crippen LogP contribution in [0.1, 0.15) is 62.2 Å². The number of hydrogen-bond acceptors (Lipinski definition) is 2. The Balaban J connectivity index is 2.29. The Kier molecular flexibility index (Phi) is 8.36. The second-order valence-corrected chi connectivity index (χ2v) is 5.77. The Morgan fingerprint density at radius 3 is 2.40 bits per heavy atom. The van der Waals surface area contributed by atoms with E-state index >= 15 is 0 Å². The highest BCUT2D eigenvalue weighted by atomic mass is 35.5. The summed E-state index contributed by atoms with van der Waals surface area (Å²) >= 11 is 6.25. The highest BCUT2D eigenvalue weighted by molar-refractivity contribution is 6.22. The van der Waals surface area contributed by atoms with Gasteiger partial charge in [-0.15, -0.1) is 11.6 Å². The van der Waals surface area contributed by atoms with Gasteiger partial charge in [0.1, 0.15) is 5.75 Å². The van der Waals surface area contributed by atoms with Gasteiger partial charge in [-0.1, -0.05) is 39.0 Å². The summed E-state index contributed by atoms with van der Waals surface area (Å²) in [5.41, 5.74) is 0.711. The van der Waals surface area contributed by atoms with Crippen molar-refractivity contribution in [2.75, 3.05) is 7.11 Å². The van der Waals surface area contributed by atoms with Crippen molar-refractivity contribution in [1.82, 2.24) is 0 Å². The molecule has 0 saturated carbocycles. The summed E-state index contributed by atoms with van der Waals surface area (Å²) in [7, 11) is 1.62. The van der Waals surface area contributed by atoms with Crippen molar-refractivity contribution in [2.24, 2.45) is 0 Å². The predicted octanol–water partition coefficient (Wildman–Crippen LogP) is 5.24. The number of hydrogen-bond donors (Lipinski definition) is 0. The maximum atomic E-state index is 12.1. The third-order valence-corrected chi connectivity index (χ3v) is 3.81. The maximum Gasteiger partial charge on any atom is 0.164 e. The van der Waals surface area contributed by atoms with Crippen LogP contribution in [-0.2, 0) is 0 Å². The summed E-state index contributed by atoms with van der Waals surface area (Å²) in [6.07, 6.45) is 7.48. The fourth-order valence-corrected chi connectivity index (χ4v) is 2.46. The van der Waals surface area contributed by atoms with Crippen molar-refractivity contribution in [3.8, 4) is 5.75 Å². The molecule has 1 rings (SSSR count). The van der Waals surface area contributed by atoms with Crippen molar-refractivity contribution in [3.05, 3.63) is 29.8 Å². The number of Topliss-reactive ketones (excluding diaryl/α,β-unsaturated/α-hetero) is 1. The molecule has 0 spiro atoms. The highest BCUT2D eigenvalue weighted by Gasteiger charge is 2.12. The first-order valence-electron chi connectivity index (χ1n) is 7.48. The molecule has 0 fully saturated rings. The molecule has 20 heavy (non-hydrogen) atoms. The van der Waals surface area contributed by atoms with E-state index in [9.17, 15) is 4.79 Å². The van der Waals surface area contributed by atoms with Crippen molar-refractivity contribution in [2.45, 2.75) is 57.2 Å². The number of carbonyl (C=O) groups is 1. The van der Waals surface area contributed by atoms with E-state index in [0.717, 1.165) is 18.6 Å². The molecular weight excluding hydrogens is 272 g/mol. The van der Waals surface area contributed by atoms with Crippen molar-refractivity contribution >= 4 is 17.4 Å². The van der Waals surface area contributed by atoms with Gasteiger partial charge in [0.2, 0.25) is 0 Å².